The van der Waals surface area contributed by atoms with E-state index < -0.39 is 0 Å². The standard InChI is InChI=1S/C13H20N6O/c1-3-6-14-12-8-13(18-10(4-2)17-12)15-7-5-11-16-9-20-19-11/h8-9H,3-7H2,1-2H3,(H2,14,15,17,18). The molecule has 108 valence electrons. The third-order valence-electron chi connectivity index (χ3n) is 2.71. The predicted molar refractivity (Wildman–Crippen MR) is 76.7 cm³/mol. The first-order valence-electron chi connectivity index (χ1n) is 6.92. The fourth-order valence-corrected chi connectivity index (χ4v) is 1.69. The molecule has 2 N–H and O–H groups in total. The molecule has 0 saturated heterocycles. The monoisotopic (exact) mass is 276 g/mol. The Morgan fingerprint density at radius 2 is 1.80 bits per heavy atom. The van der Waals surface area contributed by atoms with Gasteiger partial charge in [-0.25, -0.2) is 9.97 Å². The second kappa shape index (κ2) is 7.42. The molecule has 0 amide bonds. The molecule has 0 atom stereocenters. The molecule has 0 saturated carbocycles. The van der Waals surface area contributed by atoms with Crippen LogP contribution in [0.5, 0.6) is 0 Å². The summed E-state index contributed by atoms with van der Waals surface area (Å²) in [4.78, 5) is 12.9. The van der Waals surface area contributed by atoms with Gasteiger partial charge in [0.05, 0.1) is 0 Å². The summed E-state index contributed by atoms with van der Waals surface area (Å²) in [5, 5.41) is 10.3. The van der Waals surface area contributed by atoms with Crippen LogP contribution >= 0.6 is 0 Å². The molecule has 7 heteroatoms. The van der Waals surface area contributed by atoms with Crippen LogP contribution in [0.4, 0.5) is 11.6 Å². The van der Waals surface area contributed by atoms with E-state index in [1.54, 1.807) is 0 Å². The quantitative estimate of drug-likeness (QED) is 0.761. The van der Waals surface area contributed by atoms with Gasteiger partial charge in [-0.1, -0.05) is 19.0 Å². The predicted octanol–water partition coefficient (Wildman–Crippen LogP) is 1.90. The van der Waals surface area contributed by atoms with Crippen LogP contribution in [0, 0.1) is 0 Å². The van der Waals surface area contributed by atoms with E-state index in [4.69, 9.17) is 4.52 Å². The molecule has 0 radical (unpaired) electrons. The molecule has 0 aliphatic rings. The van der Waals surface area contributed by atoms with Gasteiger partial charge in [0.15, 0.2) is 5.82 Å². The highest BCUT2D eigenvalue weighted by Gasteiger charge is 2.04. The van der Waals surface area contributed by atoms with Crippen molar-refractivity contribution >= 4 is 11.6 Å². The van der Waals surface area contributed by atoms with Crippen LogP contribution in [0.3, 0.4) is 0 Å². The molecular formula is C13H20N6O. The van der Waals surface area contributed by atoms with Crippen LogP contribution in [0.15, 0.2) is 17.0 Å². The molecule has 20 heavy (non-hydrogen) atoms. The zero-order valence-corrected chi connectivity index (χ0v) is 11.9. The van der Waals surface area contributed by atoms with Gasteiger partial charge in [0, 0.05) is 32.0 Å². The average molecular weight is 276 g/mol. The molecule has 0 aromatic carbocycles. The summed E-state index contributed by atoms with van der Waals surface area (Å²) in [6.45, 7) is 5.77. The molecule has 2 aromatic heterocycles. The van der Waals surface area contributed by atoms with Crippen LogP contribution in [-0.2, 0) is 12.8 Å². The number of anilines is 2. The van der Waals surface area contributed by atoms with Crippen LogP contribution < -0.4 is 10.6 Å². The lowest BCUT2D eigenvalue weighted by Gasteiger charge is -2.09. The Morgan fingerprint density at radius 1 is 1.05 bits per heavy atom. The Kier molecular flexibility index (Phi) is 5.28. The van der Waals surface area contributed by atoms with Gasteiger partial charge in [-0.3, -0.25) is 0 Å². The van der Waals surface area contributed by atoms with Gasteiger partial charge in [0.25, 0.3) is 0 Å². The third kappa shape index (κ3) is 4.18. The summed E-state index contributed by atoms with van der Waals surface area (Å²) in [5.74, 6) is 3.19. The van der Waals surface area contributed by atoms with E-state index in [-0.39, 0.29) is 0 Å². The van der Waals surface area contributed by atoms with E-state index in [2.05, 4.69) is 37.7 Å². The molecule has 0 aliphatic heterocycles. The number of rotatable bonds is 8. The lowest BCUT2D eigenvalue weighted by atomic mass is 10.3. The zero-order chi connectivity index (χ0) is 14.2. The highest BCUT2D eigenvalue weighted by Crippen LogP contribution is 2.12. The van der Waals surface area contributed by atoms with Gasteiger partial charge in [0.1, 0.15) is 17.5 Å². The van der Waals surface area contributed by atoms with Gasteiger partial charge >= 0.3 is 0 Å². The van der Waals surface area contributed by atoms with Crippen molar-refractivity contribution in [2.24, 2.45) is 0 Å². The fourth-order valence-electron chi connectivity index (χ4n) is 1.69. The van der Waals surface area contributed by atoms with Crippen molar-refractivity contribution in [1.82, 2.24) is 20.1 Å². The summed E-state index contributed by atoms with van der Waals surface area (Å²) in [6, 6.07) is 1.92. The summed E-state index contributed by atoms with van der Waals surface area (Å²) < 4.78 is 4.69. The maximum atomic E-state index is 4.69. The van der Waals surface area contributed by atoms with E-state index in [9.17, 15) is 0 Å². The normalized spacial score (nSPS) is 10.5. The second-order valence-electron chi connectivity index (χ2n) is 4.36. The van der Waals surface area contributed by atoms with Crippen molar-refractivity contribution < 1.29 is 4.52 Å². The molecular weight excluding hydrogens is 256 g/mol. The smallest absolute Gasteiger partial charge is 0.213 e. The minimum atomic E-state index is 0.687. The lowest BCUT2D eigenvalue weighted by molar-refractivity contribution is 0.410. The Balaban J connectivity index is 1.94. The number of nitrogens with one attached hydrogen (secondary N) is 2. The van der Waals surface area contributed by atoms with E-state index in [0.717, 1.165) is 36.8 Å². The SMILES string of the molecule is CCCNc1cc(NCCc2ncon2)nc(CC)n1. The molecule has 2 heterocycles. The Morgan fingerprint density at radius 3 is 2.40 bits per heavy atom. The number of aryl methyl sites for hydroxylation is 1. The van der Waals surface area contributed by atoms with E-state index >= 15 is 0 Å². The Hall–Kier alpha value is -2.18. The fraction of sp³-hybridized carbons (Fsp3) is 0.538. The highest BCUT2D eigenvalue weighted by molar-refractivity contribution is 5.47. The topological polar surface area (TPSA) is 88.8 Å². The van der Waals surface area contributed by atoms with Gasteiger partial charge < -0.3 is 15.2 Å². The van der Waals surface area contributed by atoms with Crippen LogP contribution in [0.1, 0.15) is 31.9 Å². The molecule has 2 rings (SSSR count). The van der Waals surface area contributed by atoms with Gasteiger partial charge in [-0.15, -0.1) is 0 Å². The summed E-state index contributed by atoms with van der Waals surface area (Å²) >= 11 is 0. The largest absolute Gasteiger partial charge is 0.370 e. The molecule has 0 bridgehead atoms. The molecule has 7 nitrogen and oxygen atoms in total. The summed E-state index contributed by atoms with van der Waals surface area (Å²) in [5.41, 5.74) is 0. The van der Waals surface area contributed by atoms with Gasteiger partial charge in [0.2, 0.25) is 6.39 Å². The minimum Gasteiger partial charge on any atom is -0.370 e. The van der Waals surface area contributed by atoms with Crippen molar-refractivity contribution in [3.05, 3.63) is 24.1 Å². The van der Waals surface area contributed by atoms with E-state index in [0.29, 0.717) is 18.8 Å². The van der Waals surface area contributed by atoms with Crippen LogP contribution in [-0.4, -0.2) is 33.2 Å². The first kappa shape index (κ1) is 14.2. The maximum absolute atomic E-state index is 4.69. The third-order valence-corrected chi connectivity index (χ3v) is 2.71. The first-order chi connectivity index (χ1) is 9.81. The maximum Gasteiger partial charge on any atom is 0.213 e. The van der Waals surface area contributed by atoms with Gasteiger partial charge in [-0.05, 0) is 6.42 Å². The minimum absolute atomic E-state index is 0.687. The molecule has 0 spiro atoms. The van der Waals surface area contributed by atoms with Crippen LogP contribution in [0.25, 0.3) is 0 Å². The summed E-state index contributed by atoms with van der Waals surface area (Å²) in [7, 11) is 0. The first-order valence-corrected chi connectivity index (χ1v) is 6.92. The van der Waals surface area contributed by atoms with Crippen LogP contribution in [0.2, 0.25) is 0 Å². The van der Waals surface area contributed by atoms with E-state index in [1.165, 1.54) is 6.39 Å². The highest BCUT2D eigenvalue weighted by atomic mass is 16.5. The van der Waals surface area contributed by atoms with E-state index in [1.807, 2.05) is 13.0 Å². The number of aromatic nitrogens is 4. The Bertz CT molecular complexity index is 514. The van der Waals surface area contributed by atoms with Crippen molar-refractivity contribution in [2.75, 3.05) is 23.7 Å². The Labute approximate surface area is 118 Å². The number of nitrogens with zero attached hydrogens (tertiary/aromatic N) is 4. The molecule has 0 fully saturated rings. The lowest BCUT2D eigenvalue weighted by Crippen LogP contribution is -2.11. The number of hydrogen-bond acceptors (Lipinski definition) is 7. The molecule has 0 unspecified atom stereocenters. The zero-order valence-electron chi connectivity index (χ0n) is 11.9. The summed E-state index contributed by atoms with van der Waals surface area (Å²) in [6.07, 6.45) is 3.90. The van der Waals surface area contributed by atoms with Crippen molar-refractivity contribution in [3.8, 4) is 0 Å². The molecule has 2 aromatic rings. The number of hydrogen-bond donors (Lipinski definition) is 2. The molecule has 0 aliphatic carbocycles. The average Bonchev–Trinajstić information content (AvgIpc) is 2.98. The van der Waals surface area contributed by atoms with Crippen molar-refractivity contribution in [3.63, 3.8) is 0 Å². The van der Waals surface area contributed by atoms with Gasteiger partial charge in [-0.2, -0.15) is 4.98 Å². The van der Waals surface area contributed by atoms with Crippen molar-refractivity contribution in [1.29, 1.82) is 0 Å². The van der Waals surface area contributed by atoms with Crippen molar-refractivity contribution in [2.45, 2.75) is 33.1 Å². The second-order valence-corrected chi connectivity index (χ2v) is 4.36.